The molecule has 80 valence electrons. The average Bonchev–Trinajstić information content (AvgIpc) is 2.17. The molecule has 4 nitrogen and oxygen atoms in total. The van der Waals surface area contributed by atoms with E-state index in [0.29, 0.717) is 0 Å². The number of aliphatic carboxylic acids is 2. The zero-order valence-electron chi connectivity index (χ0n) is 8.09. The Balaban J connectivity index is 2.81. The highest BCUT2D eigenvalue weighted by Crippen LogP contribution is 2.23. The first-order valence-electron chi connectivity index (χ1n) is 4.58. The lowest BCUT2D eigenvalue weighted by molar-refractivity contribution is -0.139. The Labute approximate surface area is 87.2 Å². The molecule has 4 heteroatoms. The van der Waals surface area contributed by atoms with Crippen LogP contribution in [0.4, 0.5) is 0 Å². The van der Waals surface area contributed by atoms with Gasteiger partial charge in [0.25, 0.3) is 0 Å². The standard InChI is InChI=1S/C11H12O4/c12-10(13)6-9(7-11(14)15)8-4-2-1-3-5-8/h1-5,9H,6-7H2,(H,12,13)(H,14,15)/i12+2,13+2. The van der Waals surface area contributed by atoms with E-state index in [-0.39, 0.29) is 12.8 Å². The number of carbonyl (C=O) groups is 2. The van der Waals surface area contributed by atoms with Crippen molar-refractivity contribution in [3.8, 4) is 0 Å². The summed E-state index contributed by atoms with van der Waals surface area (Å²) in [5.74, 6) is -2.42. The quantitative estimate of drug-likeness (QED) is 0.729. The fraction of sp³-hybridized carbons (Fsp3) is 0.273. The Kier molecular flexibility index (Phi) is 3.85. The van der Waals surface area contributed by atoms with Gasteiger partial charge < -0.3 is 10.2 Å². The van der Waals surface area contributed by atoms with Crippen molar-refractivity contribution in [2.75, 3.05) is 0 Å². The molecule has 0 aliphatic carbocycles. The molecule has 1 unspecified atom stereocenters. The van der Waals surface area contributed by atoms with E-state index in [9.17, 15) is 9.59 Å². The van der Waals surface area contributed by atoms with Crippen LogP contribution in [0.3, 0.4) is 0 Å². The first-order valence-corrected chi connectivity index (χ1v) is 4.58. The minimum absolute atomic E-state index is 0.156. The topological polar surface area (TPSA) is 74.6 Å². The molecule has 1 aromatic rings. The molecule has 15 heavy (non-hydrogen) atoms. The molecule has 0 saturated carbocycles. The van der Waals surface area contributed by atoms with Crippen LogP contribution in [0.1, 0.15) is 24.3 Å². The van der Waals surface area contributed by atoms with Crippen molar-refractivity contribution in [2.24, 2.45) is 0 Å². The van der Waals surface area contributed by atoms with Gasteiger partial charge in [0.2, 0.25) is 0 Å². The molecule has 2 N–H and O–H groups in total. The Morgan fingerprint density at radius 1 is 1.33 bits per heavy atom. The molecule has 1 rings (SSSR count). The van der Waals surface area contributed by atoms with E-state index >= 15 is 0 Å². The minimum Gasteiger partial charge on any atom is -0.481 e. The Morgan fingerprint density at radius 2 is 1.93 bits per heavy atom. The highest BCUT2D eigenvalue weighted by molar-refractivity contribution is 5.72. The summed E-state index contributed by atoms with van der Waals surface area (Å²) in [6.45, 7) is 0. The third-order valence-corrected chi connectivity index (χ3v) is 2.11. The van der Waals surface area contributed by atoms with Gasteiger partial charge in [-0.1, -0.05) is 30.3 Å². The van der Waals surface area contributed by atoms with Gasteiger partial charge in [-0.3, -0.25) is 9.59 Å². The van der Waals surface area contributed by atoms with Gasteiger partial charge in [-0.2, -0.15) is 0 Å². The summed E-state index contributed by atoms with van der Waals surface area (Å²) < 4.78 is 0. The van der Waals surface area contributed by atoms with Gasteiger partial charge in [0.15, 0.2) is 0 Å². The zero-order valence-corrected chi connectivity index (χ0v) is 8.09. The van der Waals surface area contributed by atoms with Crippen LogP contribution in [0.25, 0.3) is 0 Å². The molecule has 0 aromatic heterocycles. The second-order valence-corrected chi connectivity index (χ2v) is 3.30. The molecule has 0 aliphatic heterocycles. The first-order chi connectivity index (χ1) is 7.09. The Morgan fingerprint density at radius 3 is 2.40 bits per heavy atom. The number of hydrogen-bond acceptors (Lipinski definition) is 2. The van der Waals surface area contributed by atoms with Crippen LogP contribution < -0.4 is 0 Å². The Bertz CT molecular complexity index is 329. The van der Waals surface area contributed by atoms with E-state index in [0.717, 1.165) is 5.56 Å². The molecule has 0 spiro atoms. The summed E-state index contributed by atoms with van der Waals surface area (Å²) in [4.78, 5) is 21.1. The molecule has 0 heterocycles. The molecular formula is C11H12O4. The fourth-order valence-electron chi connectivity index (χ4n) is 1.45. The molecule has 0 aliphatic rings. The molecule has 0 bridgehead atoms. The predicted molar refractivity (Wildman–Crippen MR) is 53.7 cm³/mol. The van der Waals surface area contributed by atoms with Gasteiger partial charge in [-0.25, -0.2) is 0 Å². The third kappa shape index (κ3) is 3.81. The summed E-state index contributed by atoms with van der Waals surface area (Å²) in [5.41, 5.74) is 0.752. The lowest BCUT2D eigenvalue weighted by Gasteiger charge is -2.12. The molecule has 0 saturated heterocycles. The maximum Gasteiger partial charge on any atom is 0.303 e. The zero-order chi connectivity index (χ0) is 11.3. The highest BCUT2D eigenvalue weighted by atomic mass is 18.2. The van der Waals surface area contributed by atoms with Gasteiger partial charge in [0, 0.05) is 5.92 Å². The summed E-state index contributed by atoms with van der Waals surface area (Å²) in [6.07, 6.45) is -0.313. The first kappa shape index (κ1) is 11.2. The predicted octanol–water partition coefficient (Wildman–Crippen LogP) is 1.72. The number of carboxylic acids is 2. The van der Waals surface area contributed by atoms with Crippen molar-refractivity contribution < 1.29 is 19.8 Å². The van der Waals surface area contributed by atoms with Crippen molar-refractivity contribution in [3.05, 3.63) is 35.9 Å². The molecule has 0 amide bonds. The SMILES string of the molecule is O=C(O)CC(CC(=[18O])[18OH])c1ccccc1. The third-order valence-electron chi connectivity index (χ3n) is 2.11. The van der Waals surface area contributed by atoms with Crippen molar-refractivity contribution in [1.29, 1.82) is 0 Å². The largest absolute Gasteiger partial charge is 0.481 e. The average molecular weight is 212 g/mol. The summed E-state index contributed by atoms with van der Waals surface area (Å²) in [6, 6.07) is 8.84. The van der Waals surface area contributed by atoms with Gasteiger partial charge in [-0.15, -0.1) is 0 Å². The molecule has 0 radical (unpaired) electrons. The lowest BCUT2D eigenvalue weighted by Crippen LogP contribution is -2.11. The maximum atomic E-state index is 10.6. The van der Waals surface area contributed by atoms with E-state index in [1.807, 2.05) is 6.07 Å². The van der Waals surface area contributed by atoms with Crippen LogP contribution in [-0.2, 0) is 9.59 Å². The van der Waals surface area contributed by atoms with E-state index in [1.54, 1.807) is 24.3 Å². The van der Waals surface area contributed by atoms with Crippen molar-refractivity contribution in [1.82, 2.24) is 0 Å². The number of hydrogen-bond donors (Lipinski definition) is 2. The van der Waals surface area contributed by atoms with Crippen LogP contribution in [0.2, 0.25) is 0 Å². The molecule has 1 aromatic carbocycles. The molecule has 1 atom stereocenters. The minimum atomic E-state index is -0.981. The van der Waals surface area contributed by atoms with Gasteiger partial charge in [-0.05, 0) is 5.56 Å². The molecule has 0 fully saturated rings. The van der Waals surface area contributed by atoms with Crippen LogP contribution in [0.5, 0.6) is 0 Å². The number of carboxylic acid groups (broad SMARTS) is 2. The van der Waals surface area contributed by atoms with Crippen LogP contribution in [0, 0.1) is 0 Å². The maximum absolute atomic E-state index is 10.6. The van der Waals surface area contributed by atoms with E-state index < -0.39 is 17.9 Å². The van der Waals surface area contributed by atoms with Crippen molar-refractivity contribution >= 4 is 11.9 Å². The number of benzene rings is 1. The summed E-state index contributed by atoms with van der Waals surface area (Å²) >= 11 is 0. The van der Waals surface area contributed by atoms with Gasteiger partial charge >= 0.3 is 11.9 Å². The van der Waals surface area contributed by atoms with E-state index in [4.69, 9.17) is 10.2 Å². The van der Waals surface area contributed by atoms with Crippen LogP contribution in [-0.4, -0.2) is 22.2 Å². The van der Waals surface area contributed by atoms with Crippen molar-refractivity contribution in [2.45, 2.75) is 18.8 Å². The monoisotopic (exact) mass is 212 g/mol. The highest BCUT2D eigenvalue weighted by Gasteiger charge is 2.18. The summed E-state index contributed by atoms with van der Waals surface area (Å²) in [7, 11) is 0. The van der Waals surface area contributed by atoms with Crippen LogP contribution >= 0.6 is 0 Å². The van der Waals surface area contributed by atoms with Gasteiger partial charge in [0.1, 0.15) is 0 Å². The lowest BCUT2D eigenvalue weighted by atomic mass is 9.93. The second kappa shape index (κ2) is 5.14. The van der Waals surface area contributed by atoms with Crippen LogP contribution in [0.15, 0.2) is 30.3 Å². The fourth-order valence-corrected chi connectivity index (χ4v) is 1.45. The summed E-state index contributed by atoms with van der Waals surface area (Å²) in [5, 5.41) is 17.3. The van der Waals surface area contributed by atoms with E-state index in [1.165, 1.54) is 0 Å². The normalized spacial score (nSPS) is 12.0. The number of rotatable bonds is 5. The smallest absolute Gasteiger partial charge is 0.303 e. The molecular weight excluding hydrogens is 200 g/mol. The van der Waals surface area contributed by atoms with Crippen molar-refractivity contribution in [3.63, 3.8) is 0 Å². The van der Waals surface area contributed by atoms with E-state index in [2.05, 4.69) is 0 Å². The Hall–Kier alpha value is -1.84. The van der Waals surface area contributed by atoms with Gasteiger partial charge in [0.05, 0.1) is 12.8 Å². The second-order valence-electron chi connectivity index (χ2n) is 3.30.